The average molecular weight is 334 g/mol. The Hall–Kier alpha value is -1.00. The summed E-state index contributed by atoms with van der Waals surface area (Å²) < 4.78 is 55.0. The van der Waals surface area contributed by atoms with E-state index in [-0.39, 0.29) is 21.9 Å². The summed E-state index contributed by atoms with van der Waals surface area (Å²) in [5, 5.41) is 3.05. The lowest BCUT2D eigenvalue weighted by Crippen LogP contribution is -2.43. The third-order valence-corrected chi connectivity index (χ3v) is 5.96. The third kappa shape index (κ3) is 3.80. The SMILES string of the molecule is CO[C@H]1CNCC1NS(=O)(=O)c1ccc(S(C)(=O)=O)cc1. The molecular weight excluding hydrogens is 316 g/mol. The van der Waals surface area contributed by atoms with Gasteiger partial charge in [-0.15, -0.1) is 0 Å². The first kappa shape index (κ1) is 16.4. The van der Waals surface area contributed by atoms with Crippen LogP contribution in [0, 0.1) is 0 Å². The molecule has 118 valence electrons. The van der Waals surface area contributed by atoms with Gasteiger partial charge in [0.25, 0.3) is 0 Å². The standard InChI is InChI=1S/C12H18N2O5S2/c1-19-12-8-13-7-11(12)14-21(17,18)10-5-3-9(4-6-10)20(2,15)16/h3-6,11-14H,7-8H2,1-2H3/t11?,12-/m0/s1. The van der Waals surface area contributed by atoms with Crippen LogP contribution in [-0.2, 0) is 24.6 Å². The normalized spacial score (nSPS) is 23.3. The minimum absolute atomic E-state index is 0.0247. The molecule has 0 saturated carbocycles. The van der Waals surface area contributed by atoms with Crippen molar-refractivity contribution in [1.29, 1.82) is 0 Å². The van der Waals surface area contributed by atoms with Crippen molar-refractivity contribution < 1.29 is 21.6 Å². The molecule has 1 saturated heterocycles. The molecule has 1 unspecified atom stereocenters. The topological polar surface area (TPSA) is 102 Å². The highest BCUT2D eigenvalue weighted by Gasteiger charge is 2.31. The van der Waals surface area contributed by atoms with Gasteiger partial charge in [-0.25, -0.2) is 21.6 Å². The average Bonchev–Trinajstić information content (AvgIpc) is 2.84. The summed E-state index contributed by atoms with van der Waals surface area (Å²) in [5.74, 6) is 0. The lowest BCUT2D eigenvalue weighted by Gasteiger charge is -2.18. The molecule has 2 atom stereocenters. The first-order chi connectivity index (χ1) is 9.74. The quantitative estimate of drug-likeness (QED) is 0.742. The maximum Gasteiger partial charge on any atom is 0.240 e. The molecule has 2 N–H and O–H groups in total. The molecule has 21 heavy (non-hydrogen) atoms. The van der Waals surface area contributed by atoms with E-state index in [1.54, 1.807) is 0 Å². The van der Waals surface area contributed by atoms with Crippen LogP contribution in [0.2, 0.25) is 0 Å². The van der Waals surface area contributed by atoms with Crippen molar-refractivity contribution in [3.05, 3.63) is 24.3 Å². The summed E-state index contributed by atoms with van der Waals surface area (Å²) in [6.45, 7) is 1.07. The molecular formula is C12H18N2O5S2. The first-order valence-electron chi connectivity index (χ1n) is 6.30. The Morgan fingerprint density at radius 3 is 2.19 bits per heavy atom. The second-order valence-electron chi connectivity index (χ2n) is 4.90. The number of sulfone groups is 1. The van der Waals surface area contributed by atoms with E-state index in [0.717, 1.165) is 6.26 Å². The number of hydrogen-bond donors (Lipinski definition) is 2. The number of sulfonamides is 1. The molecule has 0 aliphatic carbocycles. The number of benzene rings is 1. The van der Waals surface area contributed by atoms with Gasteiger partial charge in [-0.3, -0.25) is 0 Å². The molecule has 1 fully saturated rings. The van der Waals surface area contributed by atoms with Crippen LogP contribution in [0.25, 0.3) is 0 Å². The van der Waals surface area contributed by atoms with Crippen molar-refractivity contribution in [1.82, 2.24) is 10.0 Å². The van der Waals surface area contributed by atoms with Crippen molar-refractivity contribution >= 4 is 19.9 Å². The monoisotopic (exact) mass is 334 g/mol. The van der Waals surface area contributed by atoms with Crippen LogP contribution in [0.1, 0.15) is 0 Å². The molecule has 2 rings (SSSR count). The molecule has 7 nitrogen and oxygen atoms in total. The van der Waals surface area contributed by atoms with Gasteiger partial charge < -0.3 is 10.1 Å². The van der Waals surface area contributed by atoms with Crippen molar-refractivity contribution in [2.75, 3.05) is 26.5 Å². The molecule has 0 aromatic heterocycles. The van der Waals surface area contributed by atoms with Crippen LogP contribution in [0.15, 0.2) is 34.1 Å². The Bertz CT molecular complexity index is 698. The fourth-order valence-electron chi connectivity index (χ4n) is 2.15. The first-order valence-corrected chi connectivity index (χ1v) is 9.67. The van der Waals surface area contributed by atoms with Gasteiger partial charge >= 0.3 is 0 Å². The Morgan fingerprint density at radius 1 is 1.10 bits per heavy atom. The van der Waals surface area contributed by atoms with Gasteiger partial charge in [-0.2, -0.15) is 0 Å². The van der Waals surface area contributed by atoms with Crippen LogP contribution in [-0.4, -0.2) is 55.4 Å². The number of ether oxygens (including phenoxy) is 1. The van der Waals surface area contributed by atoms with Gasteiger partial charge in [0.15, 0.2) is 9.84 Å². The molecule has 0 amide bonds. The summed E-state index contributed by atoms with van der Waals surface area (Å²) in [4.78, 5) is 0.107. The zero-order valence-electron chi connectivity index (χ0n) is 11.7. The second-order valence-corrected chi connectivity index (χ2v) is 8.63. The van der Waals surface area contributed by atoms with E-state index in [0.29, 0.717) is 13.1 Å². The lowest BCUT2D eigenvalue weighted by molar-refractivity contribution is 0.103. The van der Waals surface area contributed by atoms with Gasteiger partial charge in [0, 0.05) is 26.5 Å². The van der Waals surface area contributed by atoms with E-state index in [4.69, 9.17) is 4.74 Å². The summed E-state index contributed by atoms with van der Waals surface area (Å²) in [6, 6.07) is 4.77. The summed E-state index contributed by atoms with van der Waals surface area (Å²) in [6.07, 6.45) is 0.845. The van der Waals surface area contributed by atoms with E-state index < -0.39 is 19.9 Å². The van der Waals surface area contributed by atoms with E-state index >= 15 is 0 Å². The summed E-state index contributed by atoms with van der Waals surface area (Å²) >= 11 is 0. The Morgan fingerprint density at radius 2 is 1.67 bits per heavy atom. The Kier molecular flexibility index (Phi) is 4.69. The van der Waals surface area contributed by atoms with Crippen molar-refractivity contribution in [2.24, 2.45) is 0 Å². The Labute approximate surface area is 124 Å². The summed E-state index contributed by atoms with van der Waals surface area (Å²) in [5.41, 5.74) is 0. The smallest absolute Gasteiger partial charge is 0.240 e. The van der Waals surface area contributed by atoms with Crippen molar-refractivity contribution in [3.63, 3.8) is 0 Å². The van der Waals surface area contributed by atoms with Gasteiger partial charge in [-0.1, -0.05) is 0 Å². The summed E-state index contributed by atoms with van der Waals surface area (Å²) in [7, 11) is -5.53. The maximum atomic E-state index is 12.3. The molecule has 1 aromatic carbocycles. The number of methoxy groups -OCH3 is 1. The lowest BCUT2D eigenvalue weighted by atomic mass is 10.2. The molecule has 0 bridgehead atoms. The van der Waals surface area contributed by atoms with Crippen LogP contribution >= 0.6 is 0 Å². The molecule has 1 aromatic rings. The highest BCUT2D eigenvalue weighted by molar-refractivity contribution is 7.90. The minimum Gasteiger partial charge on any atom is -0.378 e. The third-order valence-electron chi connectivity index (χ3n) is 3.33. The fraction of sp³-hybridized carbons (Fsp3) is 0.500. The molecule has 0 spiro atoms. The van der Waals surface area contributed by atoms with E-state index in [2.05, 4.69) is 10.0 Å². The van der Waals surface area contributed by atoms with Crippen LogP contribution in [0.4, 0.5) is 0 Å². The minimum atomic E-state index is -3.71. The molecule has 1 aliphatic rings. The number of hydrogen-bond acceptors (Lipinski definition) is 6. The van der Waals surface area contributed by atoms with Gasteiger partial charge in [0.2, 0.25) is 10.0 Å². The zero-order valence-corrected chi connectivity index (χ0v) is 13.4. The van der Waals surface area contributed by atoms with Crippen LogP contribution < -0.4 is 10.0 Å². The van der Waals surface area contributed by atoms with E-state index in [9.17, 15) is 16.8 Å². The van der Waals surface area contributed by atoms with E-state index in [1.165, 1.54) is 31.4 Å². The van der Waals surface area contributed by atoms with Crippen LogP contribution in [0.5, 0.6) is 0 Å². The zero-order chi connectivity index (χ0) is 15.7. The molecule has 1 heterocycles. The van der Waals surface area contributed by atoms with Gasteiger partial charge in [-0.05, 0) is 24.3 Å². The second kappa shape index (κ2) is 6.01. The van der Waals surface area contributed by atoms with E-state index in [1.807, 2.05) is 0 Å². The Balaban J connectivity index is 2.20. The molecule has 1 aliphatic heterocycles. The maximum absolute atomic E-state index is 12.3. The highest BCUT2D eigenvalue weighted by Crippen LogP contribution is 2.16. The highest BCUT2D eigenvalue weighted by atomic mass is 32.2. The van der Waals surface area contributed by atoms with Crippen molar-refractivity contribution in [2.45, 2.75) is 21.9 Å². The van der Waals surface area contributed by atoms with Crippen LogP contribution in [0.3, 0.4) is 0 Å². The molecule has 0 radical (unpaired) electrons. The molecule has 9 heteroatoms. The predicted octanol–water partition coefficient (Wildman–Crippen LogP) is -0.645. The van der Waals surface area contributed by atoms with Crippen molar-refractivity contribution in [3.8, 4) is 0 Å². The number of nitrogens with one attached hydrogen (secondary N) is 2. The largest absolute Gasteiger partial charge is 0.378 e. The van der Waals surface area contributed by atoms with Gasteiger partial charge in [0.1, 0.15) is 0 Å². The van der Waals surface area contributed by atoms with Gasteiger partial charge in [0.05, 0.1) is 21.9 Å². The number of rotatable bonds is 5. The predicted molar refractivity (Wildman–Crippen MR) is 77.3 cm³/mol. The fourth-order valence-corrected chi connectivity index (χ4v) is 4.05.